The summed E-state index contributed by atoms with van der Waals surface area (Å²) in [4.78, 5) is 12.3. The smallest absolute Gasteiger partial charge is 0.507 e. The summed E-state index contributed by atoms with van der Waals surface area (Å²) >= 11 is 0. The topological polar surface area (TPSA) is 55.8 Å². The van der Waals surface area contributed by atoms with Crippen LogP contribution in [0.5, 0.6) is 11.5 Å². The minimum absolute atomic E-state index is 0.0355. The quantitative estimate of drug-likeness (QED) is 0.434. The van der Waals surface area contributed by atoms with Crippen molar-refractivity contribution in [2.75, 3.05) is 6.61 Å². The molecule has 2 aromatic carbocycles. The number of phenolic OH excluding ortho intramolecular Hbond substituents is 1. The van der Waals surface area contributed by atoms with E-state index in [4.69, 9.17) is 9.47 Å². The molecular formula is C22H26O4. The van der Waals surface area contributed by atoms with Crippen molar-refractivity contribution < 1.29 is 19.4 Å². The first-order chi connectivity index (χ1) is 12.5. The summed E-state index contributed by atoms with van der Waals surface area (Å²) in [5.74, 6) is 1.29. The second kappa shape index (κ2) is 6.19. The van der Waals surface area contributed by atoms with Crippen LogP contribution in [0.3, 0.4) is 0 Å². The number of ether oxygens (including phenoxy) is 2. The summed E-state index contributed by atoms with van der Waals surface area (Å²) in [6.07, 6.45) is 4.28. The van der Waals surface area contributed by atoms with Crippen molar-refractivity contribution in [2.45, 2.75) is 64.2 Å². The Hall–Kier alpha value is -2.23. The van der Waals surface area contributed by atoms with E-state index >= 15 is 0 Å². The fraction of sp³-hybridized carbons (Fsp3) is 0.500. The highest BCUT2D eigenvalue weighted by Gasteiger charge is 2.50. The summed E-state index contributed by atoms with van der Waals surface area (Å²) in [6, 6.07) is 5.82. The van der Waals surface area contributed by atoms with E-state index in [-0.39, 0.29) is 5.41 Å². The van der Waals surface area contributed by atoms with Crippen LogP contribution in [0.4, 0.5) is 4.79 Å². The molecule has 2 aliphatic rings. The predicted octanol–water partition coefficient (Wildman–Crippen LogP) is 5.71. The Kier molecular flexibility index (Phi) is 4.09. The highest BCUT2D eigenvalue weighted by atomic mass is 16.7. The fourth-order valence-corrected chi connectivity index (χ4v) is 4.91. The molecular weight excluding hydrogens is 328 g/mol. The molecule has 1 saturated carbocycles. The zero-order valence-electron chi connectivity index (χ0n) is 15.7. The molecule has 0 amide bonds. The van der Waals surface area contributed by atoms with Gasteiger partial charge in [-0.25, -0.2) is 4.79 Å². The largest absolute Gasteiger partial charge is 0.513 e. The van der Waals surface area contributed by atoms with Gasteiger partial charge in [-0.2, -0.15) is 0 Å². The van der Waals surface area contributed by atoms with Crippen LogP contribution in [0.15, 0.2) is 18.2 Å². The molecule has 1 N–H and O–H groups in total. The SMILES string of the molecule is CCCCOC(=O)Oc1c2c(c(O)c3cccc(C)c13)C1(C)CCC2C1. The monoisotopic (exact) mass is 354 g/mol. The molecule has 4 nitrogen and oxygen atoms in total. The van der Waals surface area contributed by atoms with Gasteiger partial charge in [-0.15, -0.1) is 0 Å². The Bertz CT molecular complexity index is 886. The minimum atomic E-state index is -0.649. The Morgan fingerprint density at radius 2 is 2.19 bits per heavy atom. The molecule has 2 atom stereocenters. The van der Waals surface area contributed by atoms with Gasteiger partial charge in [0.2, 0.25) is 0 Å². The number of unbranched alkanes of at least 4 members (excludes halogenated alkanes) is 1. The lowest BCUT2D eigenvalue weighted by Crippen LogP contribution is -2.18. The molecule has 2 aliphatic carbocycles. The van der Waals surface area contributed by atoms with Crippen molar-refractivity contribution in [3.8, 4) is 11.5 Å². The Morgan fingerprint density at radius 3 is 2.96 bits per heavy atom. The van der Waals surface area contributed by atoms with Crippen LogP contribution in [-0.2, 0) is 10.2 Å². The summed E-state index contributed by atoms with van der Waals surface area (Å²) in [7, 11) is 0. The zero-order chi connectivity index (χ0) is 18.5. The number of hydrogen-bond donors (Lipinski definition) is 1. The second-order valence-electron chi connectivity index (χ2n) is 8.02. The van der Waals surface area contributed by atoms with Gasteiger partial charge in [-0.3, -0.25) is 0 Å². The normalized spacial score (nSPS) is 23.3. The van der Waals surface area contributed by atoms with Gasteiger partial charge < -0.3 is 14.6 Å². The van der Waals surface area contributed by atoms with Crippen molar-refractivity contribution in [1.29, 1.82) is 0 Å². The van der Waals surface area contributed by atoms with E-state index in [9.17, 15) is 9.90 Å². The van der Waals surface area contributed by atoms with Gasteiger partial charge in [0.05, 0.1) is 6.61 Å². The molecule has 0 heterocycles. The van der Waals surface area contributed by atoms with Gasteiger partial charge in [0.15, 0.2) is 0 Å². The van der Waals surface area contributed by atoms with Crippen LogP contribution in [0.25, 0.3) is 10.8 Å². The maximum atomic E-state index is 12.3. The first kappa shape index (κ1) is 17.2. The number of hydrogen-bond acceptors (Lipinski definition) is 4. The molecule has 0 aromatic heterocycles. The maximum Gasteiger partial charge on any atom is 0.513 e. The Labute approximate surface area is 154 Å². The van der Waals surface area contributed by atoms with E-state index in [2.05, 4.69) is 13.8 Å². The van der Waals surface area contributed by atoms with Gasteiger partial charge in [0, 0.05) is 21.9 Å². The highest BCUT2D eigenvalue weighted by Crippen LogP contribution is 2.63. The number of fused-ring (bicyclic) bond motifs is 6. The van der Waals surface area contributed by atoms with Gasteiger partial charge in [-0.05, 0) is 49.5 Å². The number of carbonyl (C=O) groups excluding carboxylic acids is 1. The van der Waals surface area contributed by atoms with Crippen molar-refractivity contribution in [1.82, 2.24) is 0 Å². The molecule has 26 heavy (non-hydrogen) atoms. The lowest BCUT2D eigenvalue weighted by atomic mass is 9.78. The number of rotatable bonds is 4. The molecule has 4 rings (SSSR count). The number of carbonyl (C=O) groups is 1. The third-order valence-electron chi connectivity index (χ3n) is 6.16. The molecule has 2 bridgehead atoms. The van der Waals surface area contributed by atoms with Gasteiger partial charge in [-0.1, -0.05) is 38.5 Å². The van der Waals surface area contributed by atoms with Gasteiger partial charge in [0.1, 0.15) is 11.5 Å². The zero-order valence-corrected chi connectivity index (χ0v) is 15.7. The molecule has 0 radical (unpaired) electrons. The van der Waals surface area contributed by atoms with Crippen LogP contribution in [-0.4, -0.2) is 17.9 Å². The van der Waals surface area contributed by atoms with Gasteiger partial charge >= 0.3 is 6.16 Å². The molecule has 0 spiro atoms. The third-order valence-corrected chi connectivity index (χ3v) is 6.16. The minimum Gasteiger partial charge on any atom is -0.507 e. The van der Waals surface area contributed by atoms with Crippen LogP contribution >= 0.6 is 0 Å². The number of aromatic hydroxyl groups is 1. The third kappa shape index (κ3) is 2.46. The van der Waals surface area contributed by atoms with E-state index in [1.165, 1.54) is 0 Å². The predicted molar refractivity (Wildman–Crippen MR) is 101 cm³/mol. The van der Waals surface area contributed by atoms with Crippen molar-refractivity contribution in [2.24, 2.45) is 0 Å². The average molecular weight is 354 g/mol. The molecule has 1 fully saturated rings. The molecule has 4 heteroatoms. The van der Waals surface area contributed by atoms with Crippen LogP contribution in [0.1, 0.15) is 68.6 Å². The summed E-state index contributed by atoms with van der Waals surface area (Å²) in [5, 5.41) is 12.6. The highest BCUT2D eigenvalue weighted by molar-refractivity contribution is 6.00. The standard InChI is InChI=1S/C22H26O4/c1-4-5-11-25-21(24)26-20-16-13(2)7-6-8-15(16)19(23)18-17(20)14-9-10-22(18,3)12-14/h6-8,14,23H,4-5,9-12H2,1-3H3. The summed E-state index contributed by atoms with van der Waals surface area (Å²) in [6.45, 7) is 6.62. The van der Waals surface area contributed by atoms with Crippen LogP contribution < -0.4 is 4.74 Å². The van der Waals surface area contributed by atoms with E-state index in [0.717, 1.165) is 59.6 Å². The Morgan fingerprint density at radius 1 is 1.38 bits per heavy atom. The summed E-state index contributed by atoms with van der Waals surface area (Å²) in [5.41, 5.74) is 2.95. The number of benzene rings is 2. The molecule has 2 aromatic rings. The van der Waals surface area contributed by atoms with Crippen molar-refractivity contribution >= 4 is 16.9 Å². The summed E-state index contributed by atoms with van der Waals surface area (Å²) < 4.78 is 11.0. The van der Waals surface area contributed by atoms with E-state index in [1.807, 2.05) is 25.1 Å². The molecule has 0 saturated heterocycles. The van der Waals surface area contributed by atoms with Crippen molar-refractivity contribution in [3.63, 3.8) is 0 Å². The molecule has 2 unspecified atom stereocenters. The first-order valence-corrected chi connectivity index (χ1v) is 9.59. The lowest BCUT2D eigenvalue weighted by Gasteiger charge is -2.28. The average Bonchev–Trinajstić information content (AvgIpc) is 3.13. The van der Waals surface area contributed by atoms with Crippen molar-refractivity contribution in [3.05, 3.63) is 34.9 Å². The first-order valence-electron chi connectivity index (χ1n) is 9.59. The maximum absolute atomic E-state index is 12.3. The number of phenols is 1. The lowest BCUT2D eigenvalue weighted by molar-refractivity contribution is 0.0978. The van der Waals surface area contributed by atoms with Gasteiger partial charge in [0.25, 0.3) is 0 Å². The number of aryl methyl sites for hydroxylation is 1. The molecule has 138 valence electrons. The fourth-order valence-electron chi connectivity index (χ4n) is 4.91. The van der Waals surface area contributed by atoms with E-state index in [1.54, 1.807) is 0 Å². The van der Waals surface area contributed by atoms with Crippen LogP contribution in [0.2, 0.25) is 0 Å². The van der Waals surface area contributed by atoms with Crippen LogP contribution in [0, 0.1) is 6.92 Å². The Balaban J connectivity index is 1.87. The second-order valence-corrected chi connectivity index (χ2v) is 8.02. The molecule has 0 aliphatic heterocycles. The van der Waals surface area contributed by atoms with E-state index in [0.29, 0.717) is 24.0 Å². The van der Waals surface area contributed by atoms with E-state index < -0.39 is 6.16 Å².